The maximum Gasteiger partial charge on any atom is 0.229 e. The highest BCUT2D eigenvalue weighted by Crippen LogP contribution is 2.18. The second-order valence-electron chi connectivity index (χ2n) is 5.12. The molecule has 0 atom stereocenters. The molecule has 0 spiro atoms. The van der Waals surface area contributed by atoms with Gasteiger partial charge in [-0.1, -0.05) is 0 Å². The van der Waals surface area contributed by atoms with Crippen molar-refractivity contribution < 1.29 is 8.78 Å². The molecule has 7 nitrogen and oxygen atoms in total. The fourth-order valence-electron chi connectivity index (χ4n) is 2.32. The van der Waals surface area contributed by atoms with Gasteiger partial charge in [-0.15, -0.1) is 0 Å². The van der Waals surface area contributed by atoms with Crippen LogP contribution in [0.4, 0.5) is 20.4 Å². The van der Waals surface area contributed by atoms with Gasteiger partial charge in [-0.25, -0.2) is 18.4 Å². The van der Waals surface area contributed by atoms with Crippen molar-refractivity contribution in [1.82, 2.24) is 29.9 Å². The molecule has 24 heavy (non-hydrogen) atoms. The normalized spacial score (nSPS) is 11.1. The topological polar surface area (TPSA) is 84.3 Å². The lowest BCUT2D eigenvalue weighted by atomic mass is 10.2. The number of halogens is 2. The lowest BCUT2D eigenvalue weighted by molar-refractivity contribution is 0.569. The zero-order valence-corrected chi connectivity index (χ0v) is 12.2. The van der Waals surface area contributed by atoms with Crippen LogP contribution < -0.4 is 5.32 Å². The summed E-state index contributed by atoms with van der Waals surface area (Å²) in [6.07, 6.45) is 6.43. The highest BCUT2D eigenvalue weighted by atomic mass is 19.1. The average Bonchev–Trinajstić information content (AvgIpc) is 3.21. The van der Waals surface area contributed by atoms with Crippen molar-refractivity contribution in [3.05, 3.63) is 60.2 Å². The van der Waals surface area contributed by atoms with Crippen molar-refractivity contribution in [1.29, 1.82) is 0 Å². The van der Waals surface area contributed by atoms with Gasteiger partial charge in [0.2, 0.25) is 5.95 Å². The first-order chi connectivity index (χ1) is 11.7. The highest BCUT2D eigenvalue weighted by molar-refractivity contribution is 5.75. The minimum Gasteiger partial charge on any atom is -0.321 e. The Labute approximate surface area is 134 Å². The van der Waals surface area contributed by atoms with Crippen molar-refractivity contribution in [3.63, 3.8) is 0 Å². The fraction of sp³-hybridized carbons (Fsp3) is 0.0667. The Hall–Kier alpha value is -3.36. The third kappa shape index (κ3) is 2.67. The van der Waals surface area contributed by atoms with Crippen LogP contribution in [-0.2, 0) is 6.54 Å². The molecule has 1 aromatic carbocycles. The van der Waals surface area contributed by atoms with E-state index in [-0.39, 0.29) is 12.1 Å². The van der Waals surface area contributed by atoms with E-state index in [1.165, 1.54) is 4.68 Å². The number of anilines is 2. The van der Waals surface area contributed by atoms with Crippen LogP contribution in [0.2, 0.25) is 0 Å². The second kappa shape index (κ2) is 5.69. The van der Waals surface area contributed by atoms with Crippen LogP contribution in [0.25, 0.3) is 11.0 Å². The average molecular weight is 327 g/mol. The number of fused-ring (bicyclic) bond motifs is 1. The van der Waals surface area contributed by atoms with E-state index in [4.69, 9.17) is 0 Å². The van der Waals surface area contributed by atoms with E-state index in [1.807, 2.05) is 0 Å². The minimum atomic E-state index is -0.500. The smallest absolute Gasteiger partial charge is 0.229 e. The molecular formula is C15H11F2N7. The van der Waals surface area contributed by atoms with E-state index in [0.29, 0.717) is 22.7 Å². The molecule has 0 amide bonds. The number of aromatic amines is 1. The number of nitrogens with one attached hydrogen (secondary N) is 2. The van der Waals surface area contributed by atoms with Crippen LogP contribution in [0.1, 0.15) is 5.56 Å². The van der Waals surface area contributed by atoms with Crippen LogP contribution >= 0.6 is 0 Å². The van der Waals surface area contributed by atoms with Gasteiger partial charge in [0.1, 0.15) is 11.6 Å². The molecule has 0 unspecified atom stereocenters. The van der Waals surface area contributed by atoms with Gasteiger partial charge in [0.05, 0.1) is 30.0 Å². The molecule has 0 saturated heterocycles. The molecular weight excluding hydrogens is 316 g/mol. The van der Waals surface area contributed by atoms with Crippen molar-refractivity contribution in [2.75, 3.05) is 5.32 Å². The summed E-state index contributed by atoms with van der Waals surface area (Å²) in [6, 6.07) is 3.32. The number of hydrogen-bond donors (Lipinski definition) is 2. The van der Waals surface area contributed by atoms with Crippen LogP contribution in [0.15, 0.2) is 43.0 Å². The van der Waals surface area contributed by atoms with Crippen molar-refractivity contribution in [3.8, 4) is 0 Å². The summed E-state index contributed by atoms with van der Waals surface area (Å²) in [5.74, 6) is -0.643. The quantitative estimate of drug-likeness (QED) is 0.602. The first kappa shape index (κ1) is 14.2. The first-order valence-electron chi connectivity index (χ1n) is 7.07. The lowest BCUT2D eigenvalue weighted by Crippen LogP contribution is -2.06. The number of H-pyrrole nitrogens is 1. The zero-order chi connectivity index (χ0) is 16.5. The number of rotatable bonds is 4. The molecule has 9 heteroatoms. The molecule has 0 aliphatic carbocycles. The zero-order valence-electron chi connectivity index (χ0n) is 12.2. The van der Waals surface area contributed by atoms with E-state index in [1.54, 1.807) is 24.8 Å². The predicted octanol–water partition coefficient (Wildman–Crippen LogP) is 2.62. The summed E-state index contributed by atoms with van der Waals surface area (Å²) in [7, 11) is 0. The monoisotopic (exact) mass is 327 g/mol. The number of hydrogen-bond acceptors (Lipinski definition) is 5. The lowest BCUT2D eigenvalue weighted by Gasteiger charge is -2.06. The fourth-order valence-corrected chi connectivity index (χ4v) is 2.32. The van der Waals surface area contributed by atoms with Gasteiger partial charge in [-0.05, 0) is 18.2 Å². The number of nitrogens with zero attached hydrogens (tertiary/aromatic N) is 5. The summed E-state index contributed by atoms with van der Waals surface area (Å²) >= 11 is 0. The predicted molar refractivity (Wildman–Crippen MR) is 82.7 cm³/mol. The van der Waals surface area contributed by atoms with Crippen molar-refractivity contribution >= 4 is 22.7 Å². The Morgan fingerprint density at radius 3 is 2.92 bits per heavy atom. The third-order valence-electron chi connectivity index (χ3n) is 3.46. The molecule has 0 fully saturated rings. The van der Waals surface area contributed by atoms with Crippen molar-refractivity contribution in [2.24, 2.45) is 0 Å². The summed E-state index contributed by atoms with van der Waals surface area (Å²) in [6.45, 7) is 0.0647. The molecule has 2 N–H and O–H groups in total. The van der Waals surface area contributed by atoms with E-state index < -0.39 is 11.6 Å². The summed E-state index contributed by atoms with van der Waals surface area (Å²) in [5, 5.41) is 14.4. The summed E-state index contributed by atoms with van der Waals surface area (Å²) in [5.41, 5.74) is 1.42. The van der Waals surface area contributed by atoms with Gasteiger partial charge in [0, 0.05) is 18.0 Å². The van der Waals surface area contributed by atoms with Crippen LogP contribution in [0.5, 0.6) is 0 Å². The molecule has 0 radical (unpaired) electrons. The first-order valence-corrected chi connectivity index (χ1v) is 7.07. The van der Waals surface area contributed by atoms with Gasteiger partial charge in [0.15, 0.2) is 5.65 Å². The van der Waals surface area contributed by atoms with Gasteiger partial charge >= 0.3 is 0 Å². The molecule has 4 rings (SSSR count). The molecule has 3 aromatic heterocycles. The van der Waals surface area contributed by atoms with E-state index in [2.05, 4.69) is 30.6 Å². The molecule has 120 valence electrons. The van der Waals surface area contributed by atoms with Gasteiger partial charge in [-0.3, -0.25) is 5.10 Å². The van der Waals surface area contributed by atoms with E-state index >= 15 is 0 Å². The maximum absolute atomic E-state index is 13.8. The van der Waals surface area contributed by atoms with Crippen LogP contribution in [0, 0.1) is 11.6 Å². The third-order valence-corrected chi connectivity index (χ3v) is 3.46. The molecule has 0 bridgehead atoms. The Morgan fingerprint density at radius 1 is 1.17 bits per heavy atom. The summed E-state index contributed by atoms with van der Waals surface area (Å²) < 4.78 is 28.6. The number of benzene rings is 1. The van der Waals surface area contributed by atoms with E-state index in [0.717, 1.165) is 18.2 Å². The number of aromatic nitrogens is 6. The Kier molecular flexibility index (Phi) is 3.38. The highest BCUT2D eigenvalue weighted by Gasteiger charge is 2.11. The SMILES string of the molecule is Fc1ccc(F)c(Cn2ncc3cnc(Nc4cn[nH]c4)nc32)c1. The van der Waals surface area contributed by atoms with Gasteiger partial charge in [-0.2, -0.15) is 15.2 Å². The van der Waals surface area contributed by atoms with E-state index in [9.17, 15) is 8.78 Å². The van der Waals surface area contributed by atoms with Crippen molar-refractivity contribution in [2.45, 2.75) is 6.54 Å². The minimum absolute atomic E-state index is 0.0647. The standard InChI is InChI=1S/C15H11F2N7/c16-11-1-2-13(17)9(3-11)8-24-14-10(5-21-24)4-18-15(23-14)22-12-6-19-20-7-12/h1-7H,8H2,(H,19,20)(H,18,22,23). The maximum atomic E-state index is 13.8. The van der Waals surface area contributed by atoms with Crippen LogP contribution in [0.3, 0.4) is 0 Å². The summed E-state index contributed by atoms with van der Waals surface area (Å²) in [4.78, 5) is 8.56. The molecule has 0 aliphatic rings. The second-order valence-corrected chi connectivity index (χ2v) is 5.12. The Balaban J connectivity index is 1.69. The Bertz CT molecular complexity index is 994. The van der Waals surface area contributed by atoms with Gasteiger partial charge < -0.3 is 5.32 Å². The molecule has 4 aromatic rings. The Morgan fingerprint density at radius 2 is 2.08 bits per heavy atom. The van der Waals surface area contributed by atoms with Crippen LogP contribution in [-0.4, -0.2) is 29.9 Å². The molecule has 3 heterocycles. The largest absolute Gasteiger partial charge is 0.321 e. The molecule has 0 saturated carbocycles. The van der Waals surface area contributed by atoms with Gasteiger partial charge in [0.25, 0.3) is 0 Å². The molecule has 0 aliphatic heterocycles.